The molecule has 2 aromatic rings. The van der Waals surface area contributed by atoms with Gasteiger partial charge < -0.3 is 4.90 Å². The molecule has 2 rings (SSSR count). The Morgan fingerprint density at radius 3 is 2.32 bits per heavy atom. The molecule has 0 atom stereocenters. The van der Waals surface area contributed by atoms with E-state index in [0.717, 1.165) is 22.9 Å². The van der Waals surface area contributed by atoms with Gasteiger partial charge in [0.2, 0.25) is 0 Å². The number of hydrogen-bond acceptors (Lipinski definition) is 2. The van der Waals surface area contributed by atoms with Crippen molar-refractivity contribution in [2.24, 2.45) is 0 Å². The van der Waals surface area contributed by atoms with Crippen molar-refractivity contribution in [2.75, 3.05) is 20.6 Å². The molecule has 0 radical (unpaired) electrons. The highest BCUT2D eigenvalue weighted by Crippen LogP contribution is 2.19. The second-order valence-corrected chi connectivity index (χ2v) is 4.50. The fraction of sp³-hybridized carbons (Fsp3) is 0.353. The SMILES string of the molecule is CC.CN(C)CCC(=O)c1cccc2ccccc12. The van der Waals surface area contributed by atoms with Crippen molar-refractivity contribution < 1.29 is 4.79 Å². The summed E-state index contributed by atoms with van der Waals surface area (Å²) in [4.78, 5) is 14.2. The van der Waals surface area contributed by atoms with E-state index in [9.17, 15) is 4.79 Å². The van der Waals surface area contributed by atoms with Crippen LogP contribution >= 0.6 is 0 Å². The second kappa shape index (κ2) is 7.70. The molecule has 0 aromatic heterocycles. The van der Waals surface area contributed by atoms with Crippen LogP contribution < -0.4 is 0 Å². The van der Waals surface area contributed by atoms with Gasteiger partial charge in [-0.3, -0.25) is 4.79 Å². The molecule has 0 spiro atoms. The van der Waals surface area contributed by atoms with Crippen LogP contribution in [0.15, 0.2) is 42.5 Å². The summed E-state index contributed by atoms with van der Waals surface area (Å²) < 4.78 is 0. The van der Waals surface area contributed by atoms with E-state index in [4.69, 9.17) is 0 Å². The molecule has 102 valence electrons. The highest BCUT2D eigenvalue weighted by atomic mass is 16.1. The Kier molecular flexibility index (Phi) is 6.23. The number of Topliss-reactive ketones (excluding diaryl/α,β-unsaturated/α-hetero) is 1. The van der Waals surface area contributed by atoms with Gasteiger partial charge in [0, 0.05) is 18.5 Å². The monoisotopic (exact) mass is 257 g/mol. The first-order valence-electron chi connectivity index (χ1n) is 6.84. The zero-order chi connectivity index (χ0) is 14.3. The zero-order valence-electron chi connectivity index (χ0n) is 12.3. The van der Waals surface area contributed by atoms with Crippen molar-refractivity contribution in [3.8, 4) is 0 Å². The van der Waals surface area contributed by atoms with E-state index in [1.807, 2.05) is 75.3 Å². The summed E-state index contributed by atoms with van der Waals surface area (Å²) in [6.07, 6.45) is 0.570. The average molecular weight is 257 g/mol. The maximum Gasteiger partial charge on any atom is 0.164 e. The van der Waals surface area contributed by atoms with E-state index >= 15 is 0 Å². The normalized spacial score (nSPS) is 10.2. The number of nitrogens with zero attached hydrogens (tertiary/aromatic N) is 1. The molecular weight excluding hydrogens is 234 g/mol. The minimum atomic E-state index is 0.218. The molecule has 0 aliphatic carbocycles. The molecule has 0 saturated carbocycles. The maximum atomic E-state index is 12.1. The van der Waals surface area contributed by atoms with Gasteiger partial charge in [-0.15, -0.1) is 0 Å². The minimum Gasteiger partial charge on any atom is -0.309 e. The van der Waals surface area contributed by atoms with Gasteiger partial charge in [-0.1, -0.05) is 56.3 Å². The van der Waals surface area contributed by atoms with Crippen LogP contribution in [0, 0.1) is 0 Å². The molecule has 0 N–H and O–H groups in total. The summed E-state index contributed by atoms with van der Waals surface area (Å²) in [5.74, 6) is 0.218. The van der Waals surface area contributed by atoms with Crippen molar-refractivity contribution in [3.63, 3.8) is 0 Å². The van der Waals surface area contributed by atoms with Crippen molar-refractivity contribution in [3.05, 3.63) is 48.0 Å². The number of benzene rings is 2. The van der Waals surface area contributed by atoms with Crippen LogP contribution in [0.3, 0.4) is 0 Å². The van der Waals surface area contributed by atoms with Crippen molar-refractivity contribution in [1.29, 1.82) is 0 Å². The third-order valence-electron chi connectivity index (χ3n) is 2.88. The molecule has 0 aliphatic heterocycles. The van der Waals surface area contributed by atoms with Crippen molar-refractivity contribution in [2.45, 2.75) is 20.3 Å². The highest BCUT2D eigenvalue weighted by molar-refractivity contribution is 6.08. The smallest absolute Gasteiger partial charge is 0.164 e. The highest BCUT2D eigenvalue weighted by Gasteiger charge is 2.09. The lowest BCUT2D eigenvalue weighted by atomic mass is 10.00. The van der Waals surface area contributed by atoms with Crippen molar-refractivity contribution in [1.82, 2.24) is 4.90 Å². The van der Waals surface area contributed by atoms with Gasteiger partial charge in [-0.2, -0.15) is 0 Å². The molecule has 0 saturated heterocycles. The van der Waals surface area contributed by atoms with E-state index in [2.05, 4.69) is 0 Å². The second-order valence-electron chi connectivity index (χ2n) is 4.50. The number of hydrogen-bond donors (Lipinski definition) is 0. The minimum absolute atomic E-state index is 0.218. The standard InChI is InChI=1S/C15H17NO.C2H6/c1-16(2)11-10-15(17)14-9-5-7-12-6-3-4-8-13(12)14;1-2/h3-9H,10-11H2,1-2H3;1-2H3. The van der Waals surface area contributed by atoms with Gasteiger partial charge in [0.25, 0.3) is 0 Å². The van der Waals surface area contributed by atoms with Crippen LogP contribution in [0.2, 0.25) is 0 Å². The topological polar surface area (TPSA) is 20.3 Å². The lowest BCUT2D eigenvalue weighted by Gasteiger charge is -2.09. The fourth-order valence-corrected chi connectivity index (χ4v) is 1.93. The molecular formula is C17H23NO. The molecule has 2 nitrogen and oxygen atoms in total. The van der Waals surface area contributed by atoms with Crippen LogP contribution in [-0.2, 0) is 0 Å². The molecule has 2 aromatic carbocycles. The number of rotatable bonds is 4. The average Bonchev–Trinajstić information content (AvgIpc) is 2.46. The molecule has 0 bridgehead atoms. The Morgan fingerprint density at radius 1 is 1.00 bits per heavy atom. The van der Waals surface area contributed by atoms with Crippen LogP contribution in [0.5, 0.6) is 0 Å². The zero-order valence-corrected chi connectivity index (χ0v) is 12.3. The molecule has 2 heteroatoms. The van der Waals surface area contributed by atoms with Crippen LogP contribution in [0.4, 0.5) is 0 Å². The van der Waals surface area contributed by atoms with Crippen LogP contribution in [-0.4, -0.2) is 31.3 Å². The summed E-state index contributed by atoms with van der Waals surface area (Å²) in [7, 11) is 3.97. The van der Waals surface area contributed by atoms with E-state index < -0.39 is 0 Å². The van der Waals surface area contributed by atoms with Gasteiger partial charge in [-0.05, 0) is 24.9 Å². The third kappa shape index (κ3) is 4.18. The maximum absolute atomic E-state index is 12.1. The van der Waals surface area contributed by atoms with Crippen LogP contribution in [0.1, 0.15) is 30.6 Å². The van der Waals surface area contributed by atoms with E-state index in [-0.39, 0.29) is 5.78 Å². The first kappa shape index (κ1) is 15.4. The van der Waals surface area contributed by atoms with E-state index in [0.29, 0.717) is 6.42 Å². The van der Waals surface area contributed by atoms with E-state index in [1.54, 1.807) is 0 Å². The van der Waals surface area contributed by atoms with Gasteiger partial charge >= 0.3 is 0 Å². The number of carbonyl (C=O) groups excluding carboxylic acids is 1. The summed E-state index contributed by atoms with van der Waals surface area (Å²) in [5, 5.41) is 2.18. The third-order valence-corrected chi connectivity index (χ3v) is 2.88. The number of ketones is 1. The predicted octanol–water partition coefficient (Wildman–Crippen LogP) is 4.00. The summed E-state index contributed by atoms with van der Waals surface area (Å²) in [6, 6.07) is 13.9. The lowest BCUT2D eigenvalue weighted by molar-refractivity contribution is 0.0974. The number of carbonyl (C=O) groups is 1. The van der Waals surface area contributed by atoms with Gasteiger partial charge in [-0.25, -0.2) is 0 Å². The Morgan fingerprint density at radius 2 is 1.63 bits per heavy atom. The van der Waals surface area contributed by atoms with E-state index in [1.165, 1.54) is 0 Å². The van der Waals surface area contributed by atoms with Crippen molar-refractivity contribution >= 4 is 16.6 Å². The molecule has 0 fully saturated rings. The molecule has 0 amide bonds. The Bertz CT molecular complexity index is 526. The molecule has 0 unspecified atom stereocenters. The first-order chi connectivity index (χ1) is 9.18. The van der Waals surface area contributed by atoms with Gasteiger partial charge in [0.1, 0.15) is 0 Å². The van der Waals surface area contributed by atoms with Crippen LogP contribution in [0.25, 0.3) is 10.8 Å². The van der Waals surface area contributed by atoms with Gasteiger partial charge in [0.05, 0.1) is 0 Å². The Labute approximate surface area is 116 Å². The summed E-state index contributed by atoms with van der Waals surface area (Å²) in [5.41, 5.74) is 0.838. The summed E-state index contributed by atoms with van der Waals surface area (Å²) in [6.45, 7) is 4.79. The predicted molar refractivity (Wildman–Crippen MR) is 82.8 cm³/mol. The summed E-state index contributed by atoms with van der Waals surface area (Å²) >= 11 is 0. The Hall–Kier alpha value is -1.67. The fourth-order valence-electron chi connectivity index (χ4n) is 1.93. The largest absolute Gasteiger partial charge is 0.309 e. The lowest BCUT2D eigenvalue weighted by Crippen LogP contribution is -2.16. The first-order valence-corrected chi connectivity index (χ1v) is 6.84. The molecule has 19 heavy (non-hydrogen) atoms. The molecule has 0 aliphatic rings. The molecule has 0 heterocycles. The Balaban J connectivity index is 0.000000861. The van der Waals surface area contributed by atoms with Gasteiger partial charge in [0.15, 0.2) is 5.78 Å². The number of fused-ring (bicyclic) bond motifs is 1. The quantitative estimate of drug-likeness (QED) is 0.772.